The van der Waals surface area contributed by atoms with E-state index in [0.717, 1.165) is 24.1 Å². The van der Waals surface area contributed by atoms with Crippen LogP contribution in [0.2, 0.25) is 5.02 Å². The first-order valence-corrected chi connectivity index (χ1v) is 8.98. The van der Waals surface area contributed by atoms with Gasteiger partial charge >= 0.3 is 0 Å². The molecule has 0 spiro atoms. The molecule has 0 amide bonds. The molecule has 0 aliphatic carbocycles. The molecule has 1 saturated heterocycles. The van der Waals surface area contributed by atoms with Crippen molar-refractivity contribution in [2.75, 3.05) is 27.8 Å². The van der Waals surface area contributed by atoms with Crippen molar-refractivity contribution in [3.05, 3.63) is 23.2 Å². The van der Waals surface area contributed by atoms with Crippen LogP contribution in [0.3, 0.4) is 0 Å². The highest BCUT2D eigenvalue weighted by molar-refractivity contribution is 7.99. The summed E-state index contributed by atoms with van der Waals surface area (Å²) >= 11 is 7.98. The van der Waals surface area contributed by atoms with Gasteiger partial charge in [0.25, 0.3) is 0 Å². The van der Waals surface area contributed by atoms with Crippen LogP contribution in [0.5, 0.6) is 0 Å². The van der Waals surface area contributed by atoms with E-state index in [1.54, 1.807) is 12.1 Å². The third-order valence-electron chi connectivity index (χ3n) is 2.56. The van der Waals surface area contributed by atoms with Gasteiger partial charge in [-0.1, -0.05) is 11.6 Å². The Bertz CT molecular complexity index is 528. The van der Waals surface area contributed by atoms with Gasteiger partial charge in [0.1, 0.15) is 0 Å². The fraction of sp³-hybridized carbons (Fsp3) is 0.455. The van der Waals surface area contributed by atoms with Crippen molar-refractivity contribution in [1.82, 2.24) is 0 Å². The number of hydrogen-bond acceptors (Lipinski definition) is 4. The SMILES string of the molecule is CS(=O)(=O)Nc1ccc(NC2CCSC2)cc1Cl. The Morgan fingerprint density at radius 3 is 2.78 bits per heavy atom. The van der Waals surface area contributed by atoms with Crippen LogP contribution in [-0.2, 0) is 10.0 Å². The van der Waals surface area contributed by atoms with Crippen molar-refractivity contribution in [1.29, 1.82) is 0 Å². The Hall–Kier alpha value is -0.590. The first-order chi connectivity index (χ1) is 8.44. The second-order valence-corrected chi connectivity index (χ2v) is 7.58. The number of anilines is 2. The van der Waals surface area contributed by atoms with Crippen LogP contribution in [0.1, 0.15) is 6.42 Å². The molecule has 1 aromatic rings. The maximum atomic E-state index is 11.1. The van der Waals surface area contributed by atoms with Crippen LogP contribution in [0, 0.1) is 0 Å². The molecule has 2 rings (SSSR count). The summed E-state index contributed by atoms with van der Waals surface area (Å²) in [6, 6.07) is 5.73. The van der Waals surface area contributed by atoms with Crippen LogP contribution in [0.15, 0.2) is 18.2 Å². The Balaban J connectivity index is 2.09. The van der Waals surface area contributed by atoms with Crippen LogP contribution < -0.4 is 10.0 Å². The zero-order chi connectivity index (χ0) is 13.2. The van der Waals surface area contributed by atoms with Gasteiger partial charge in [-0.2, -0.15) is 11.8 Å². The maximum absolute atomic E-state index is 11.1. The Morgan fingerprint density at radius 1 is 1.44 bits per heavy atom. The molecule has 0 bridgehead atoms. The summed E-state index contributed by atoms with van der Waals surface area (Å²) in [6.45, 7) is 0. The number of sulfonamides is 1. The summed E-state index contributed by atoms with van der Waals surface area (Å²) in [5, 5.41) is 3.79. The summed E-state index contributed by atoms with van der Waals surface area (Å²) in [5.41, 5.74) is 1.33. The molecule has 1 aliphatic rings. The zero-order valence-corrected chi connectivity index (χ0v) is 12.3. The molecular formula is C11H15ClN2O2S2. The van der Waals surface area contributed by atoms with E-state index in [9.17, 15) is 8.42 Å². The summed E-state index contributed by atoms with van der Waals surface area (Å²) < 4.78 is 24.6. The minimum Gasteiger partial charge on any atom is -0.381 e. The largest absolute Gasteiger partial charge is 0.381 e. The summed E-state index contributed by atoms with van der Waals surface area (Å²) in [5.74, 6) is 2.28. The molecule has 0 aromatic heterocycles. The maximum Gasteiger partial charge on any atom is 0.229 e. The molecule has 0 saturated carbocycles. The molecule has 1 fully saturated rings. The number of benzene rings is 1. The van der Waals surface area contributed by atoms with Crippen molar-refractivity contribution in [3.8, 4) is 0 Å². The molecule has 1 aromatic carbocycles. The smallest absolute Gasteiger partial charge is 0.229 e. The number of hydrogen-bond donors (Lipinski definition) is 2. The minimum absolute atomic E-state index is 0.399. The average molecular weight is 307 g/mol. The van der Waals surface area contributed by atoms with Crippen molar-refractivity contribution in [2.45, 2.75) is 12.5 Å². The Kier molecular flexibility index (Phi) is 4.29. The monoisotopic (exact) mass is 306 g/mol. The Labute approximate surface area is 117 Å². The molecule has 1 heterocycles. The number of halogens is 1. The van der Waals surface area contributed by atoms with Crippen molar-refractivity contribution in [2.24, 2.45) is 0 Å². The van der Waals surface area contributed by atoms with Gasteiger partial charge in [0.2, 0.25) is 10.0 Å². The third kappa shape index (κ3) is 3.96. The van der Waals surface area contributed by atoms with E-state index in [2.05, 4.69) is 10.0 Å². The minimum atomic E-state index is -3.29. The summed E-state index contributed by atoms with van der Waals surface area (Å²) in [6.07, 6.45) is 2.25. The lowest BCUT2D eigenvalue weighted by Crippen LogP contribution is -2.18. The molecule has 18 heavy (non-hydrogen) atoms. The van der Waals surface area contributed by atoms with E-state index in [1.165, 1.54) is 5.75 Å². The molecule has 7 heteroatoms. The average Bonchev–Trinajstić information content (AvgIpc) is 2.73. The molecule has 100 valence electrons. The van der Waals surface area contributed by atoms with Gasteiger partial charge in [-0.15, -0.1) is 0 Å². The van der Waals surface area contributed by atoms with E-state index in [1.807, 2.05) is 17.8 Å². The first kappa shape index (κ1) is 13.8. The first-order valence-electron chi connectivity index (χ1n) is 5.56. The molecule has 1 unspecified atom stereocenters. The lowest BCUT2D eigenvalue weighted by Gasteiger charge is -2.14. The van der Waals surface area contributed by atoms with Gasteiger partial charge in [0.15, 0.2) is 0 Å². The zero-order valence-electron chi connectivity index (χ0n) is 9.94. The summed E-state index contributed by atoms with van der Waals surface area (Å²) in [7, 11) is -3.29. The number of nitrogens with one attached hydrogen (secondary N) is 2. The van der Waals surface area contributed by atoms with Crippen LogP contribution in [0.25, 0.3) is 0 Å². The molecule has 0 radical (unpaired) electrons. The van der Waals surface area contributed by atoms with E-state index < -0.39 is 10.0 Å². The van der Waals surface area contributed by atoms with Gasteiger partial charge in [-0.3, -0.25) is 4.72 Å². The van der Waals surface area contributed by atoms with Crippen molar-refractivity contribution >= 4 is 44.8 Å². The molecule has 2 N–H and O–H groups in total. The Morgan fingerprint density at radius 2 is 2.22 bits per heavy atom. The molecule has 4 nitrogen and oxygen atoms in total. The van der Waals surface area contributed by atoms with E-state index in [0.29, 0.717) is 16.8 Å². The van der Waals surface area contributed by atoms with E-state index in [4.69, 9.17) is 11.6 Å². The van der Waals surface area contributed by atoms with Crippen molar-refractivity contribution in [3.63, 3.8) is 0 Å². The van der Waals surface area contributed by atoms with E-state index >= 15 is 0 Å². The molecule has 1 atom stereocenters. The van der Waals surface area contributed by atoms with Gasteiger partial charge < -0.3 is 5.32 Å². The fourth-order valence-electron chi connectivity index (χ4n) is 1.77. The van der Waals surface area contributed by atoms with Crippen molar-refractivity contribution < 1.29 is 8.42 Å². The predicted octanol–water partition coefficient (Wildman–Crippen LogP) is 2.63. The quantitative estimate of drug-likeness (QED) is 0.898. The van der Waals surface area contributed by atoms with Gasteiger partial charge in [0.05, 0.1) is 17.0 Å². The van der Waals surface area contributed by atoms with Gasteiger partial charge in [-0.25, -0.2) is 8.42 Å². The van der Waals surface area contributed by atoms with Gasteiger partial charge in [-0.05, 0) is 30.4 Å². The highest BCUT2D eigenvalue weighted by atomic mass is 35.5. The second kappa shape index (κ2) is 5.59. The van der Waals surface area contributed by atoms with Gasteiger partial charge in [0, 0.05) is 17.5 Å². The topological polar surface area (TPSA) is 58.2 Å². The predicted molar refractivity (Wildman–Crippen MR) is 79.3 cm³/mol. The standard InChI is InChI=1S/C11H15ClN2O2S2/c1-18(15,16)14-11-3-2-8(6-10(11)12)13-9-4-5-17-7-9/h2-3,6,9,13-14H,4-5,7H2,1H3. The second-order valence-electron chi connectivity index (χ2n) is 4.27. The fourth-order valence-corrected chi connectivity index (χ4v) is 3.79. The third-order valence-corrected chi connectivity index (χ3v) is 4.63. The number of rotatable bonds is 4. The van der Waals surface area contributed by atoms with Crippen LogP contribution in [0.4, 0.5) is 11.4 Å². The molecular weight excluding hydrogens is 292 g/mol. The molecule has 1 aliphatic heterocycles. The van der Waals surface area contributed by atoms with Crippen LogP contribution >= 0.6 is 23.4 Å². The number of thioether (sulfide) groups is 1. The summed E-state index contributed by atoms with van der Waals surface area (Å²) in [4.78, 5) is 0. The lowest BCUT2D eigenvalue weighted by atomic mass is 10.2. The lowest BCUT2D eigenvalue weighted by molar-refractivity contribution is 0.607. The highest BCUT2D eigenvalue weighted by Gasteiger charge is 2.15. The normalized spacial score (nSPS) is 19.8. The van der Waals surface area contributed by atoms with Crippen LogP contribution in [-0.4, -0.2) is 32.2 Å². The highest BCUT2D eigenvalue weighted by Crippen LogP contribution is 2.28. The van der Waals surface area contributed by atoms with E-state index in [-0.39, 0.29) is 0 Å².